The van der Waals surface area contributed by atoms with Crippen LogP contribution in [0.3, 0.4) is 0 Å². The largest absolute Gasteiger partial charge is 0.296 e. The SMILES string of the molecule is Cc1cccc(C(=O)Nc2nnc(SCc3cc(=O)n4nc(C)sc4n3)s2)c1. The molecule has 0 radical (unpaired) electrons. The third-order valence-corrected chi connectivity index (χ3v) is 6.48. The molecule has 28 heavy (non-hydrogen) atoms. The Hall–Kier alpha value is -2.63. The van der Waals surface area contributed by atoms with Crippen LogP contribution in [0, 0.1) is 13.8 Å². The Bertz CT molecular complexity index is 1230. The number of nitrogens with one attached hydrogen (secondary N) is 1. The molecule has 0 spiro atoms. The summed E-state index contributed by atoms with van der Waals surface area (Å²) in [6.07, 6.45) is 0. The van der Waals surface area contributed by atoms with E-state index in [1.165, 1.54) is 45.0 Å². The van der Waals surface area contributed by atoms with Gasteiger partial charge in [-0.2, -0.15) is 9.61 Å². The molecule has 0 aliphatic heterocycles. The van der Waals surface area contributed by atoms with E-state index in [1.807, 2.05) is 32.0 Å². The van der Waals surface area contributed by atoms with Crippen molar-refractivity contribution in [1.82, 2.24) is 24.8 Å². The van der Waals surface area contributed by atoms with Crippen molar-refractivity contribution in [3.8, 4) is 0 Å². The van der Waals surface area contributed by atoms with Crippen LogP contribution in [0.15, 0.2) is 39.5 Å². The number of carbonyl (C=O) groups excluding carboxylic acids is 1. The number of hydrogen-bond donors (Lipinski definition) is 1. The zero-order chi connectivity index (χ0) is 19.7. The number of hydrogen-bond acceptors (Lipinski definition) is 9. The topological polar surface area (TPSA) is 102 Å². The van der Waals surface area contributed by atoms with E-state index in [0.29, 0.717) is 31.4 Å². The van der Waals surface area contributed by atoms with E-state index in [9.17, 15) is 9.59 Å². The molecule has 1 amide bonds. The van der Waals surface area contributed by atoms with Crippen molar-refractivity contribution in [2.75, 3.05) is 5.32 Å². The van der Waals surface area contributed by atoms with E-state index in [-0.39, 0.29) is 11.5 Å². The van der Waals surface area contributed by atoms with Crippen LogP contribution in [0.4, 0.5) is 5.13 Å². The number of carbonyl (C=O) groups is 1. The molecular weight excluding hydrogens is 416 g/mol. The first-order valence-electron chi connectivity index (χ1n) is 8.19. The standard InChI is InChI=1S/C17H14N6O2S3/c1-9-4-3-5-11(6-9)14(25)19-15-20-21-17(28-15)26-8-12-7-13(24)23-16(18-12)27-10(2)22-23/h3-7H,8H2,1-2H3,(H,19,20,25). The fourth-order valence-corrected chi connectivity index (χ4v) is 4.84. The molecule has 1 aromatic carbocycles. The fourth-order valence-electron chi connectivity index (χ4n) is 2.44. The maximum atomic E-state index is 12.3. The summed E-state index contributed by atoms with van der Waals surface area (Å²) in [5.41, 5.74) is 2.03. The molecule has 0 unspecified atom stereocenters. The summed E-state index contributed by atoms with van der Waals surface area (Å²) in [6, 6.07) is 8.80. The maximum absolute atomic E-state index is 12.3. The van der Waals surface area contributed by atoms with E-state index in [4.69, 9.17) is 0 Å². The number of aryl methyl sites for hydroxylation is 2. The van der Waals surface area contributed by atoms with Crippen LogP contribution in [0.1, 0.15) is 26.6 Å². The van der Waals surface area contributed by atoms with E-state index in [2.05, 4.69) is 25.6 Å². The lowest BCUT2D eigenvalue weighted by atomic mass is 10.1. The molecule has 11 heteroatoms. The molecule has 0 atom stereocenters. The van der Waals surface area contributed by atoms with Crippen molar-refractivity contribution in [3.63, 3.8) is 0 Å². The first-order chi connectivity index (χ1) is 13.5. The van der Waals surface area contributed by atoms with Crippen molar-refractivity contribution >= 4 is 50.4 Å². The number of amides is 1. The number of nitrogens with zero attached hydrogens (tertiary/aromatic N) is 5. The summed E-state index contributed by atoms with van der Waals surface area (Å²) >= 11 is 4.06. The van der Waals surface area contributed by atoms with E-state index < -0.39 is 0 Å². The van der Waals surface area contributed by atoms with Gasteiger partial charge in [0.1, 0.15) is 5.01 Å². The van der Waals surface area contributed by atoms with Gasteiger partial charge in [0.2, 0.25) is 10.1 Å². The lowest BCUT2D eigenvalue weighted by molar-refractivity contribution is 0.102. The Morgan fingerprint density at radius 2 is 2.07 bits per heavy atom. The van der Waals surface area contributed by atoms with E-state index >= 15 is 0 Å². The van der Waals surface area contributed by atoms with Crippen molar-refractivity contribution in [3.05, 3.63) is 62.5 Å². The Morgan fingerprint density at radius 1 is 1.21 bits per heavy atom. The van der Waals surface area contributed by atoms with Gasteiger partial charge in [-0.3, -0.25) is 14.9 Å². The average Bonchev–Trinajstić information content (AvgIpc) is 3.26. The summed E-state index contributed by atoms with van der Waals surface area (Å²) < 4.78 is 1.99. The number of fused-ring (bicyclic) bond motifs is 1. The Labute approximate surface area is 171 Å². The molecular formula is C17H14N6O2S3. The van der Waals surface area contributed by atoms with Crippen LogP contribution in [0.25, 0.3) is 4.96 Å². The Balaban J connectivity index is 1.42. The van der Waals surface area contributed by atoms with Gasteiger partial charge >= 0.3 is 0 Å². The predicted molar refractivity (Wildman–Crippen MR) is 110 cm³/mol. The van der Waals surface area contributed by atoms with Crippen molar-refractivity contribution < 1.29 is 4.79 Å². The third-order valence-electron chi connectivity index (χ3n) is 3.65. The van der Waals surface area contributed by atoms with Crippen LogP contribution in [0.2, 0.25) is 0 Å². The van der Waals surface area contributed by atoms with Crippen LogP contribution in [-0.4, -0.2) is 30.7 Å². The molecule has 4 rings (SSSR count). The number of benzene rings is 1. The monoisotopic (exact) mass is 430 g/mol. The van der Waals surface area contributed by atoms with Gasteiger partial charge in [-0.1, -0.05) is 52.1 Å². The van der Waals surface area contributed by atoms with E-state index in [0.717, 1.165) is 10.6 Å². The lowest BCUT2D eigenvalue weighted by Crippen LogP contribution is -2.15. The van der Waals surface area contributed by atoms with E-state index in [1.54, 1.807) is 6.07 Å². The molecule has 142 valence electrons. The molecule has 1 N–H and O–H groups in total. The van der Waals surface area contributed by atoms with Gasteiger partial charge in [0.05, 0.1) is 5.69 Å². The Morgan fingerprint density at radius 3 is 2.89 bits per heavy atom. The van der Waals surface area contributed by atoms with Gasteiger partial charge in [-0.05, 0) is 26.0 Å². The summed E-state index contributed by atoms with van der Waals surface area (Å²) in [7, 11) is 0. The molecule has 4 aromatic rings. The quantitative estimate of drug-likeness (QED) is 0.383. The van der Waals surface area contributed by atoms with Crippen molar-refractivity contribution in [2.24, 2.45) is 0 Å². The average molecular weight is 431 g/mol. The molecule has 0 bridgehead atoms. The summed E-state index contributed by atoms with van der Waals surface area (Å²) in [6.45, 7) is 3.77. The highest BCUT2D eigenvalue weighted by Gasteiger charge is 2.12. The predicted octanol–water partition coefficient (Wildman–Crippen LogP) is 3.16. The van der Waals surface area contributed by atoms with Gasteiger partial charge < -0.3 is 0 Å². The highest BCUT2D eigenvalue weighted by molar-refractivity contribution is 8.00. The van der Waals surface area contributed by atoms with Gasteiger partial charge in [0.15, 0.2) is 4.34 Å². The van der Waals surface area contributed by atoms with Crippen LogP contribution in [-0.2, 0) is 5.75 Å². The fraction of sp³-hybridized carbons (Fsp3) is 0.176. The van der Waals surface area contributed by atoms with Crippen molar-refractivity contribution in [2.45, 2.75) is 23.9 Å². The van der Waals surface area contributed by atoms with Crippen LogP contribution < -0.4 is 10.9 Å². The van der Waals surface area contributed by atoms with Gasteiger partial charge in [-0.15, -0.1) is 10.2 Å². The third kappa shape index (κ3) is 4.11. The zero-order valence-corrected chi connectivity index (χ0v) is 17.3. The molecule has 0 saturated carbocycles. The maximum Gasteiger partial charge on any atom is 0.275 e. The molecule has 3 aromatic heterocycles. The summed E-state index contributed by atoms with van der Waals surface area (Å²) in [4.78, 5) is 29.4. The minimum atomic E-state index is -0.225. The number of anilines is 1. The first-order valence-corrected chi connectivity index (χ1v) is 10.8. The zero-order valence-electron chi connectivity index (χ0n) is 14.9. The second-order valence-electron chi connectivity index (χ2n) is 5.89. The number of thioether (sulfide) groups is 1. The van der Waals surface area contributed by atoms with Crippen LogP contribution in [0.5, 0.6) is 0 Å². The summed E-state index contributed by atoms with van der Waals surface area (Å²) in [5, 5.41) is 16.2. The molecule has 0 aliphatic carbocycles. The smallest absolute Gasteiger partial charge is 0.275 e. The number of rotatable bonds is 5. The lowest BCUT2D eigenvalue weighted by Gasteiger charge is -2.01. The summed E-state index contributed by atoms with van der Waals surface area (Å²) in [5.74, 6) is 0.250. The minimum absolute atomic E-state index is 0.201. The molecule has 8 nitrogen and oxygen atoms in total. The molecule has 0 fully saturated rings. The van der Waals surface area contributed by atoms with Gasteiger partial charge in [0, 0.05) is 17.4 Å². The first kappa shape index (κ1) is 18.7. The highest BCUT2D eigenvalue weighted by atomic mass is 32.2. The second kappa shape index (κ2) is 7.78. The van der Waals surface area contributed by atoms with Gasteiger partial charge in [0.25, 0.3) is 11.5 Å². The second-order valence-corrected chi connectivity index (χ2v) is 9.25. The molecule has 0 saturated heterocycles. The number of aromatic nitrogens is 5. The normalized spacial score (nSPS) is 11.1. The van der Waals surface area contributed by atoms with Crippen molar-refractivity contribution in [1.29, 1.82) is 0 Å². The molecule has 0 aliphatic rings. The minimum Gasteiger partial charge on any atom is -0.296 e. The Kier molecular flexibility index (Phi) is 5.20. The molecule has 3 heterocycles. The van der Waals surface area contributed by atoms with Crippen LogP contribution >= 0.6 is 34.4 Å². The van der Waals surface area contributed by atoms with Gasteiger partial charge in [-0.25, -0.2) is 4.98 Å². The highest BCUT2D eigenvalue weighted by Crippen LogP contribution is 2.28.